The van der Waals surface area contributed by atoms with Crippen molar-refractivity contribution in [2.45, 2.75) is 0 Å². The highest BCUT2D eigenvalue weighted by atomic mass is 35.5. The SMILES string of the molecule is COc1ccc(Cl)cc1NC(=O)C=CC(=O)[O-]. The van der Waals surface area contributed by atoms with Gasteiger partial charge in [0, 0.05) is 11.1 Å². The van der Waals surface area contributed by atoms with Gasteiger partial charge in [0.25, 0.3) is 0 Å². The Hall–Kier alpha value is -2.01. The molecule has 0 bridgehead atoms. The third-order valence-corrected chi connectivity index (χ3v) is 2.03. The average Bonchev–Trinajstić information content (AvgIpc) is 2.27. The third-order valence-electron chi connectivity index (χ3n) is 1.79. The first-order chi connectivity index (χ1) is 8.02. The highest BCUT2D eigenvalue weighted by Gasteiger charge is 2.05. The molecule has 6 heteroatoms. The Bertz CT molecular complexity index is 471. The van der Waals surface area contributed by atoms with Crippen LogP contribution in [0.2, 0.25) is 5.02 Å². The van der Waals surface area contributed by atoms with Crippen LogP contribution in [-0.4, -0.2) is 19.0 Å². The van der Waals surface area contributed by atoms with E-state index in [2.05, 4.69) is 5.32 Å². The van der Waals surface area contributed by atoms with Crippen LogP contribution in [0.1, 0.15) is 0 Å². The number of hydrogen-bond donors (Lipinski definition) is 1. The molecule has 0 saturated carbocycles. The third kappa shape index (κ3) is 4.16. The van der Waals surface area contributed by atoms with Gasteiger partial charge in [-0.1, -0.05) is 11.6 Å². The van der Waals surface area contributed by atoms with E-state index >= 15 is 0 Å². The van der Waals surface area contributed by atoms with Crippen molar-refractivity contribution in [3.63, 3.8) is 0 Å². The van der Waals surface area contributed by atoms with E-state index in [4.69, 9.17) is 16.3 Å². The Morgan fingerprint density at radius 1 is 1.41 bits per heavy atom. The summed E-state index contributed by atoms with van der Waals surface area (Å²) in [5, 5.41) is 13.0. The minimum absolute atomic E-state index is 0.355. The number of carbonyl (C=O) groups excluding carboxylic acids is 2. The molecule has 0 spiro atoms. The molecule has 0 aliphatic carbocycles. The molecule has 1 rings (SSSR count). The summed E-state index contributed by atoms with van der Waals surface area (Å²) < 4.78 is 5.00. The lowest BCUT2D eigenvalue weighted by Crippen LogP contribution is -2.20. The summed E-state index contributed by atoms with van der Waals surface area (Å²) in [6.07, 6.45) is 1.47. The minimum Gasteiger partial charge on any atom is -0.545 e. The van der Waals surface area contributed by atoms with Crippen LogP contribution in [0.15, 0.2) is 30.4 Å². The van der Waals surface area contributed by atoms with Gasteiger partial charge in [-0.3, -0.25) is 4.79 Å². The molecule has 17 heavy (non-hydrogen) atoms. The Morgan fingerprint density at radius 3 is 2.71 bits per heavy atom. The number of hydrogen-bond acceptors (Lipinski definition) is 4. The van der Waals surface area contributed by atoms with Crippen LogP contribution in [0.4, 0.5) is 5.69 Å². The van der Waals surface area contributed by atoms with Crippen molar-refractivity contribution in [1.29, 1.82) is 0 Å². The van der Waals surface area contributed by atoms with Crippen LogP contribution in [0, 0.1) is 0 Å². The van der Waals surface area contributed by atoms with E-state index in [0.29, 0.717) is 22.5 Å². The lowest BCUT2D eigenvalue weighted by molar-refractivity contribution is -0.297. The molecule has 0 aromatic heterocycles. The number of carbonyl (C=O) groups is 2. The summed E-state index contributed by atoms with van der Waals surface area (Å²) >= 11 is 5.76. The minimum atomic E-state index is -1.45. The van der Waals surface area contributed by atoms with E-state index in [1.54, 1.807) is 12.1 Å². The van der Waals surface area contributed by atoms with E-state index in [-0.39, 0.29) is 0 Å². The number of carboxylic acids is 1. The number of aliphatic carboxylic acids is 1. The molecule has 0 radical (unpaired) electrons. The van der Waals surface area contributed by atoms with Gasteiger partial charge in [-0.2, -0.15) is 0 Å². The predicted molar refractivity (Wildman–Crippen MR) is 60.8 cm³/mol. The number of amides is 1. The maximum atomic E-state index is 11.3. The molecule has 0 aliphatic heterocycles. The van der Waals surface area contributed by atoms with E-state index in [1.807, 2.05) is 0 Å². The maximum Gasteiger partial charge on any atom is 0.248 e. The van der Waals surface area contributed by atoms with Crippen molar-refractivity contribution < 1.29 is 19.4 Å². The summed E-state index contributed by atoms with van der Waals surface area (Å²) in [5.74, 6) is -1.64. The van der Waals surface area contributed by atoms with Crippen LogP contribution < -0.4 is 15.2 Å². The Balaban J connectivity index is 2.83. The van der Waals surface area contributed by atoms with Gasteiger partial charge >= 0.3 is 0 Å². The number of anilines is 1. The number of methoxy groups -OCH3 is 1. The summed E-state index contributed by atoms with van der Waals surface area (Å²) in [6, 6.07) is 4.68. The monoisotopic (exact) mass is 254 g/mol. The van der Waals surface area contributed by atoms with E-state index in [9.17, 15) is 14.7 Å². The first kappa shape index (κ1) is 13.1. The quantitative estimate of drug-likeness (QED) is 0.798. The molecule has 0 unspecified atom stereocenters. The molecule has 0 fully saturated rings. The molecule has 0 heterocycles. The molecular formula is C11H9ClNO4-. The zero-order valence-corrected chi connectivity index (χ0v) is 9.65. The van der Waals surface area contributed by atoms with E-state index in [1.165, 1.54) is 13.2 Å². The Kier molecular flexibility index (Phi) is 4.54. The zero-order chi connectivity index (χ0) is 12.8. The lowest BCUT2D eigenvalue weighted by Gasteiger charge is -2.08. The Morgan fingerprint density at radius 2 is 2.12 bits per heavy atom. The van der Waals surface area contributed by atoms with Crippen molar-refractivity contribution in [1.82, 2.24) is 0 Å². The van der Waals surface area contributed by atoms with Crippen LogP contribution in [0.3, 0.4) is 0 Å². The second kappa shape index (κ2) is 5.91. The van der Waals surface area contributed by atoms with Crippen LogP contribution >= 0.6 is 11.6 Å². The molecule has 1 N–H and O–H groups in total. The highest BCUT2D eigenvalue weighted by Crippen LogP contribution is 2.27. The number of nitrogens with one attached hydrogen (secondary N) is 1. The van der Waals surface area contributed by atoms with Crippen LogP contribution in [0.5, 0.6) is 5.75 Å². The first-order valence-corrected chi connectivity index (χ1v) is 4.94. The topological polar surface area (TPSA) is 78.5 Å². The van der Waals surface area contributed by atoms with Gasteiger partial charge in [0.05, 0.1) is 18.8 Å². The summed E-state index contributed by atoms with van der Waals surface area (Å²) in [6.45, 7) is 0. The van der Waals surface area contributed by atoms with Gasteiger partial charge in [-0.15, -0.1) is 0 Å². The van der Waals surface area contributed by atoms with Crippen molar-refractivity contribution in [3.05, 3.63) is 35.4 Å². The fourth-order valence-corrected chi connectivity index (χ4v) is 1.27. The van der Waals surface area contributed by atoms with E-state index in [0.717, 1.165) is 6.08 Å². The Labute approximate surface area is 103 Å². The zero-order valence-electron chi connectivity index (χ0n) is 8.90. The average molecular weight is 255 g/mol. The van der Waals surface area contributed by atoms with Crippen molar-refractivity contribution in [2.24, 2.45) is 0 Å². The van der Waals surface area contributed by atoms with Gasteiger partial charge in [-0.05, 0) is 24.3 Å². The van der Waals surface area contributed by atoms with Gasteiger partial charge in [0.2, 0.25) is 5.91 Å². The maximum absolute atomic E-state index is 11.3. The molecule has 0 aliphatic rings. The highest BCUT2D eigenvalue weighted by molar-refractivity contribution is 6.31. The smallest absolute Gasteiger partial charge is 0.248 e. The van der Waals surface area contributed by atoms with Gasteiger partial charge in [0.1, 0.15) is 5.75 Å². The van der Waals surface area contributed by atoms with Crippen molar-refractivity contribution in [3.8, 4) is 5.75 Å². The molecule has 1 aromatic rings. The second-order valence-corrected chi connectivity index (χ2v) is 3.42. The molecule has 0 saturated heterocycles. The van der Waals surface area contributed by atoms with Crippen molar-refractivity contribution >= 4 is 29.2 Å². The normalized spacial score (nSPS) is 10.2. The van der Waals surface area contributed by atoms with Gasteiger partial charge in [-0.25, -0.2) is 0 Å². The predicted octanol–water partition coefficient (Wildman–Crippen LogP) is 0.593. The summed E-state index contributed by atoms with van der Waals surface area (Å²) in [4.78, 5) is 21.4. The van der Waals surface area contributed by atoms with E-state index < -0.39 is 11.9 Å². The first-order valence-electron chi connectivity index (χ1n) is 4.56. The molecule has 0 atom stereocenters. The van der Waals surface area contributed by atoms with Crippen LogP contribution in [0.25, 0.3) is 0 Å². The molecular weight excluding hydrogens is 246 g/mol. The molecule has 1 amide bonds. The number of benzene rings is 1. The van der Waals surface area contributed by atoms with Gasteiger partial charge < -0.3 is 20.0 Å². The van der Waals surface area contributed by atoms with Gasteiger partial charge in [0.15, 0.2) is 0 Å². The second-order valence-electron chi connectivity index (χ2n) is 2.99. The number of ether oxygens (including phenoxy) is 1. The van der Waals surface area contributed by atoms with Crippen LogP contribution in [-0.2, 0) is 9.59 Å². The largest absolute Gasteiger partial charge is 0.545 e. The summed E-state index contributed by atoms with van der Waals surface area (Å²) in [5.41, 5.74) is 0.355. The standard InChI is InChI=1S/C11H10ClNO4/c1-17-9-3-2-7(12)6-8(9)13-10(14)4-5-11(15)16/h2-6H,1H3,(H,13,14)(H,15,16)/p-1. The number of rotatable bonds is 4. The molecule has 90 valence electrons. The molecule has 1 aromatic carbocycles. The fraction of sp³-hybridized carbons (Fsp3) is 0.0909. The van der Waals surface area contributed by atoms with Crippen molar-refractivity contribution in [2.75, 3.05) is 12.4 Å². The number of carboxylic acid groups (broad SMARTS) is 1. The number of halogens is 1. The lowest BCUT2D eigenvalue weighted by atomic mass is 10.3. The molecule has 5 nitrogen and oxygen atoms in total. The fourth-order valence-electron chi connectivity index (χ4n) is 1.10. The summed E-state index contributed by atoms with van der Waals surface area (Å²) in [7, 11) is 1.44.